The average Bonchev–Trinajstić information content (AvgIpc) is 2.17. The molecule has 1 rings (SSSR count). The second-order valence-electron chi connectivity index (χ2n) is 2.27. The van der Waals surface area contributed by atoms with Crippen molar-refractivity contribution in [3.05, 3.63) is 29.6 Å². The number of hydrogen-bond acceptors (Lipinski definition) is 4. The summed E-state index contributed by atoms with van der Waals surface area (Å²) in [4.78, 5) is 25.1. The predicted molar refractivity (Wildman–Crippen MR) is 44.4 cm³/mol. The number of hydrogen-bond donors (Lipinski definition) is 3. The van der Waals surface area contributed by atoms with Crippen LogP contribution in [0.25, 0.3) is 0 Å². The third-order valence-corrected chi connectivity index (χ3v) is 1.41. The second kappa shape index (κ2) is 3.63. The van der Waals surface area contributed by atoms with Crippen LogP contribution in [0.3, 0.4) is 0 Å². The lowest BCUT2D eigenvalue weighted by atomic mass is 10.2. The number of carbonyl (C=O) groups excluding carboxylic acids is 2. The Morgan fingerprint density at radius 2 is 2.08 bits per heavy atom. The van der Waals surface area contributed by atoms with Crippen LogP contribution in [-0.2, 0) is 0 Å². The van der Waals surface area contributed by atoms with Gasteiger partial charge in [-0.3, -0.25) is 20.0 Å². The molecule has 13 heavy (non-hydrogen) atoms. The molecule has 1 aromatic heterocycles. The van der Waals surface area contributed by atoms with Gasteiger partial charge in [-0.1, -0.05) is 0 Å². The van der Waals surface area contributed by atoms with Crippen LogP contribution in [0.15, 0.2) is 18.3 Å². The van der Waals surface area contributed by atoms with Crippen molar-refractivity contribution in [3.63, 3.8) is 0 Å². The zero-order valence-electron chi connectivity index (χ0n) is 6.65. The minimum Gasteiger partial charge on any atom is -0.364 e. The summed E-state index contributed by atoms with van der Waals surface area (Å²) in [6.45, 7) is 0. The highest BCUT2D eigenvalue weighted by molar-refractivity contribution is 5.95. The van der Waals surface area contributed by atoms with E-state index in [9.17, 15) is 9.59 Å². The first-order valence-electron chi connectivity index (χ1n) is 3.42. The van der Waals surface area contributed by atoms with Gasteiger partial charge >= 0.3 is 0 Å². The number of rotatable bonds is 2. The number of hydrazine groups is 1. The van der Waals surface area contributed by atoms with Gasteiger partial charge < -0.3 is 5.73 Å². The summed E-state index contributed by atoms with van der Waals surface area (Å²) < 4.78 is 0. The summed E-state index contributed by atoms with van der Waals surface area (Å²) in [5.74, 6) is 3.77. The molecule has 5 N–H and O–H groups in total. The number of amides is 2. The normalized spacial score (nSPS) is 9.31. The topological polar surface area (TPSA) is 111 Å². The monoisotopic (exact) mass is 180 g/mol. The molecule has 0 spiro atoms. The van der Waals surface area contributed by atoms with Gasteiger partial charge in [-0.15, -0.1) is 0 Å². The quantitative estimate of drug-likeness (QED) is 0.301. The summed E-state index contributed by atoms with van der Waals surface area (Å²) in [6, 6.07) is 2.77. The molecule has 0 fully saturated rings. The van der Waals surface area contributed by atoms with Crippen LogP contribution in [0, 0.1) is 0 Å². The Hall–Kier alpha value is -1.95. The highest BCUT2D eigenvalue weighted by Gasteiger charge is 2.05. The Bertz CT molecular complexity index is 333. The molecular formula is C7H8N4O2. The Morgan fingerprint density at radius 1 is 1.38 bits per heavy atom. The Balaban J connectivity index is 2.93. The largest absolute Gasteiger partial charge is 0.364 e. The molecule has 1 aromatic rings. The molecule has 68 valence electrons. The summed E-state index contributed by atoms with van der Waals surface area (Å²) in [7, 11) is 0. The smallest absolute Gasteiger partial charge is 0.267 e. The third-order valence-electron chi connectivity index (χ3n) is 1.41. The van der Waals surface area contributed by atoms with Gasteiger partial charge in [0.2, 0.25) is 0 Å². The molecule has 0 saturated carbocycles. The van der Waals surface area contributed by atoms with E-state index in [-0.39, 0.29) is 11.3 Å². The molecule has 6 nitrogen and oxygen atoms in total. The van der Waals surface area contributed by atoms with E-state index in [0.717, 1.165) is 0 Å². The van der Waals surface area contributed by atoms with Crippen LogP contribution < -0.4 is 17.0 Å². The molecule has 0 aliphatic rings. The fourth-order valence-electron chi connectivity index (χ4n) is 0.757. The predicted octanol–water partition coefficient (Wildman–Crippen LogP) is -1.22. The number of primary amides is 1. The van der Waals surface area contributed by atoms with Crippen molar-refractivity contribution in [3.8, 4) is 0 Å². The molecule has 0 saturated heterocycles. The van der Waals surface area contributed by atoms with Crippen molar-refractivity contribution >= 4 is 11.8 Å². The lowest BCUT2D eigenvalue weighted by molar-refractivity contribution is 0.0949. The van der Waals surface area contributed by atoms with E-state index in [1.165, 1.54) is 18.3 Å². The van der Waals surface area contributed by atoms with Crippen LogP contribution in [0.4, 0.5) is 0 Å². The van der Waals surface area contributed by atoms with Crippen molar-refractivity contribution in [2.45, 2.75) is 0 Å². The fraction of sp³-hybridized carbons (Fsp3) is 0. The molecule has 0 atom stereocenters. The van der Waals surface area contributed by atoms with Gasteiger partial charge in [-0.25, -0.2) is 5.84 Å². The van der Waals surface area contributed by atoms with Gasteiger partial charge in [0.25, 0.3) is 11.8 Å². The maximum Gasteiger partial charge on any atom is 0.267 e. The number of aromatic nitrogens is 1. The molecule has 6 heteroatoms. The number of nitrogens with one attached hydrogen (secondary N) is 1. The van der Waals surface area contributed by atoms with Crippen molar-refractivity contribution in [1.29, 1.82) is 0 Å². The molecule has 0 radical (unpaired) electrons. The molecule has 2 amide bonds. The Kier molecular flexibility index (Phi) is 2.56. The maximum absolute atomic E-state index is 10.9. The molecule has 1 heterocycles. The van der Waals surface area contributed by atoms with Crippen LogP contribution in [-0.4, -0.2) is 16.8 Å². The molecule has 0 unspecified atom stereocenters. The van der Waals surface area contributed by atoms with Crippen LogP contribution in [0.5, 0.6) is 0 Å². The van der Waals surface area contributed by atoms with E-state index in [2.05, 4.69) is 4.98 Å². The van der Waals surface area contributed by atoms with Gasteiger partial charge in [0, 0.05) is 6.20 Å². The number of nitrogen functional groups attached to an aromatic ring is 1. The average molecular weight is 180 g/mol. The lowest BCUT2D eigenvalue weighted by Crippen LogP contribution is -2.30. The summed E-state index contributed by atoms with van der Waals surface area (Å²) in [6.07, 6.45) is 1.22. The van der Waals surface area contributed by atoms with Gasteiger partial charge in [0.05, 0.1) is 5.56 Å². The Labute approximate surface area is 73.9 Å². The molecule has 0 aliphatic heterocycles. The van der Waals surface area contributed by atoms with Crippen molar-refractivity contribution in [1.82, 2.24) is 10.4 Å². The summed E-state index contributed by atoms with van der Waals surface area (Å²) in [5.41, 5.74) is 7.26. The fourth-order valence-corrected chi connectivity index (χ4v) is 0.757. The van der Waals surface area contributed by atoms with Gasteiger partial charge in [-0.05, 0) is 12.1 Å². The molecule has 0 aliphatic carbocycles. The third kappa shape index (κ3) is 2.00. The minimum atomic E-state index is -0.639. The molecule has 0 aromatic carbocycles. The van der Waals surface area contributed by atoms with E-state index in [1.54, 1.807) is 0 Å². The van der Waals surface area contributed by atoms with Crippen molar-refractivity contribution in [2.24, 2.45) is 11.6 Å². The number of nitrogens with two attached hydrogens (primary N) is 2. The van der Waals surface area contributed by atoms with Crippen LogP contribution in [0.1, 0.15) is 20.8 Å². The van der Waals surface area contributed by atoms with E-state index in [0.29, 0.717) is 0 Å². The Morgan fingerprint density at radius 3 is 2.46 bits per heavy atom. The van der Waals surface area contributed by atoms with E-state index < -0.39 is 11.8 Å². The van der Waals surface area contributed by atoms with Gasteiger partial charge in [0.1, 0.15) is 5.69 Å². The van der Waals surface area contributed by atoms with E-state index in [1.807, 2.05) is 5.43 Å². The second-order valence-corrected chi connectivity index (χ2v) is 2.27. The zero-order valence-corrected chi connectivity index (χ0v) is 6.65. The minimum absolute atomic E-state index is 0.105. The lowest BCUT2D eigenvalue weighted by Gasteiger charge is -1.98. The van der Waals surface area contributed by atoms with E-state index >= 15 is 0 Å². The van der Waals surface area contributed by atoms with E-state index in [4.69, 9.17) is 11.6 Å². The number of pyridine rings is 1. The van der Waals surface area contributed by atoms with Crippen molar-refractivity contribution in [2.75, 3.05) is 0 Å². The van der Waals surface area contributed by atoms with Gasteiger partial charge in [0.15, 0.2) is 0 Å². The maximum atomic E-state index is 10.9. The summed E-state index contributed by atoms with van der Waals surface area (Å²) >= 11 is 0. The molecular weight excluding hydrogens is 172 g/mol. The SMILES string of the molecule is NNC(=O)c1ccc(C(N)=O)nc1. The van der Waals surface area contributed by atoms with Gasteiger partial charge in [-0.2, -0.15) is 0 Å². The van der Waals surface area contributed by atoms with Crippen molar-refractivity contribution < 1.29 is 9.59 Å². The first-order valence-corrected chi connectivity index (χ1v) is 3.42. The highest BCUT2D eigenvalue weighted by Crippen LogP contribution is 1.98. The number of carbonyl (C=O) groups is 2. The molecule has 0 bridgehead atoms. The summed E-state index contributed by atoms with van der Waals surface area (Å²) in [5, 5.41) is 0. The first kappa shape index (κ1) is 9.14. The first-order chi connectivity index (χ1) is 6.15. The number of nitrogens with zero attached hydrogens (tertiary/aromatic N) is 1. The van der Waals surface area contributed by atoms with Crippen LogP contribution in [0.2, 0.25) is 0 Å². The van der Waals surface area contributed by atoms with Crippen LogP contribution >= 0.6 is 0 Å². The standard InChI is InChI=1S/C7H8N4O2/c8-6(12)5-2-1-4(3-10-5)7(13)11-9/h1-3H,9H2,(H2,8,12)(H,11,13). The highest BCUT2D eigenvalue weighted by atomic mass is 16.2. The zero-order chi connectivity index (χ0) is 9.84.